The van der Waals surface area contributed by atoms with Crippen molar-refractivity contribution < 1.29 is 9.53 Å². The topological polar surface area (TPSA) is 127 Å². The summed E-state index contributed by atoms with van der Waals surface area (Å²) >= 11 is 17.8. The van der Waals surface area contributed by atoms with Crippen LogP contribution in [0.5, 0.6) is 5.75 Å². The molecule has 2 aromatic heterocycles. The minimum absolute atomic E-state index is 0.161. The first kappa shape index (κ1) is 20.7. The summed E-state index contributed by atoms with van der Waals surface area (Å²) in [4.78, 5) is 24.0. The van der Waals surface area contributed by atoms with E-state index in [2.05, 4.69) is 31.1 Å². The van der Waals surface area contributed by atoms with Gasteiger partial charge in [-0.1, -0.05) is 34.8 Å². The van der Waals surface area contributed by atoms with Gasteiger partial charge in [0.1, 0.15) is 17.8 Å². The molecule has 5 N–H and O–H groups in total. The minimum atomic E-state index is -0.487. The van der Waals surface area contributed by atoms with Crippen molar-refractivity contribution >= 4 is 63.7 Å². The molecule has 0 aliphatic carbocycles. The normalized spacial score (nSPS) is 10.3. The van der Waals surface area contributed by atoms with Gasteiger partial charge in [-0.05, 0) is 30.3 Å². The molecule has 29 heavy (non-hydrogen) atoms. The fourth-order valence-electron chi connectivity index (χ4n) is 2.10. The number of hydrogen-bond donors (Lipinski definition) is 4. The molecule has 0 aliphatic rings. The summed E-state index contributed by atoms with van der Waals surface area (Å²) in [6, 6.07) is 8.10. The number of hydrazine groups is 1. The van der Waals surface area contributed by atoms with Crippen LogP contribution in [0.1, 0.15) is 0 Å². The number of aromatic nitrogens is 3. The predicted molar refractivity (Wildman–Crippen MR) is 113 cm³/mol. The molecule has 0 saturated carbocycles. The molecule has 0 radical (unpaired) electrons. The van der Waals surface area contributed by atoms with Crippen LogP contribution in [0.3, 0.4) is 0 Å². The zero-order valence-electron chi connectivity index (χ0n) is 14.6. The molecule has 1 aromatic carbocycles. The second-order valence-electron chi connectivity index (χ2n) is 5.49. The van der Waals surface area contributed by atoms with Gasteiger partial charge in [0.05, 0.1) is 10.7 Å². The molecule has 0 saturated heterocycles. The van der Waals surface area contributed by atoms with Crippen molar-refractivity contribution in [2.75, 3.05) is 23.1 Å². The second kappa shape index (κ2) is 9.46. The average molecular weight is 455 g/mol. The van der Waals surface area contributed by atoms with Crippen molar-refractivity contribution in [3.05, 3.63) is 58.1 Å². The van der Waals surface area contributed by atoms with E-state index in [1.54, 1.807) is 30.5 Å². The fourth-order valence-corrected chi connectivity index (χ4v) is 2.73. The molecule has 0 aliphatic heterocycles. The molecule has 2 heterocycles. The quantitative estimate of drug-likeness (QED) is 0.314. The number of nitrogens with two attached hydrogens (primary N) is 1. The van der Waals surface area contributed by atoms with Gasteiger partial charge < -0.3 is 15.8 Å². The summed E-state index contributed by atoms with van der Waals surface area (Å²) in [7, 11) is 0. The summed E-state index contributed by atoms with van der Waals surface area (Å²) in [6.07, 6.45) is 2.82. The molecular weight excluding hydrogens is 441 g/mol. The van der Waals surface area contributed by atoms with Gasteiger partial charge in [0.15, 0.2) is 23.4 Å². The number of amides is 1. The molecule has 9 nitrogen and oxygen atoms in total. The number of ether oxygens (including phenoxy) is 1. The SMILES string of the molecule is Nc1c(NNC(=O)COc2ccc(Cl)cc2Cl)ncnc1Nc1cccnc1Cl. The predicted octanol–water partition coefficient (Wildman–Crippen LogP) is 3.68. The van der Waals surface area contributed by atoms with Gasteiger partial charge in [-0.15, -0.1) is 0 Å². The fraction of sp³-hybridized carbons (Fsp3) is 0.0588. The lowest BCUT2D eigenvalue weighted by atomic mass is 10.3. The smallest absolute Gasteiger partial charge is 0.276 e. The van der Waals surface area contributed by atoms with Gasteiger partial charge in [0.2, 0.25) is 0 Å². The number of nitrogen functional groups attached to an aromatic ring is 1. The van der Waals surface area contributed by atoms with E-state index in [-0.39, 0.29) is 29.1 Å². The summed E-state index contributed by atoms with van der Waals surface area (Å²) < 4.78 is 5.35. The van der Waals surface area contributed by atoms with Gasteiger partial charge in [-0.25, -0.2) is 15.0 Å². The molecule has 3 rings (SSSR count). The Morgan fingerprint density at radius 3 is 2.66 bits per heavy atom. The average Bonchev–Trinajstić information content (AvgIpc) is 2.69. The monoisotopic (exact) mass is 453 g/mol. The van der Waals surface area contributed by atoms with Crippen molar-refractivity contribution in [1.29, 1.82) is 0 Å². The molecule has 12 heteroatoms. The number of pyridine rings is 1. The number of nitrogens with one attached hydrogen (secondary N) is 3. The van der Waals surface area contributed by atoms with E-state index >= 15 is 0 Å². The number of anilines is 4. The summed E-state index contributed by atoms with van der Waals surface area (Å²) in [5, 5.41) is 3.97. The van der Waals surface area contributed by atoms with Crippen LogP contribution >= 0.6 is 34.8 Å². The highest BCUT2D eigenvalue weighted by molar-refractivity contribution is 6.35. The van der Waals surface area contributed by atoms with Gasteiger partial charge in [-0.3, -0.25) is 15.6 Å². The lowest BCUT2D eigenvalue weighted by molar-refractivity contribution is -0.122. The Bertz CT molecular complexity index is 1040. The molecule has 1 amide bonds. The largest absolute Gasteiger partial charge is 0.482 e. The molecule has 150 valence electrons. The molecular formula is C17H14Cl3N7O2. The Morgan fingerprint density at radius 1 is 1.10 bits per heavy atom. The summed E-state index contributed by atoms with van der Waals surface area (Å²) in [5.41, 5.74) is 11.8. The first-order chi connectivity index (χ1) is 13.9. The van der Waals surface area contributed by atoms with Crippen LogP contribution in [0.4, 0.5) is 23.0 Å². The van der Waals surface area contributed by atoms with E-state index in [0.29, 0.717) is 21.5 Å². The van der Waals surface area contributed by atoms with E-state index in [9.17, 15) is 4.79 Å². The maximum atomic E-state index is 12.0. The van der Waals surface area contributed by atoms with Crippen molar-refractivity contribution in [3.8, 4) is 5.75 Å². The first-order valence-electron chi connectivity index (χ1n) is 8.04. The van der Waals surface area contributed by atoms with Gasteiger partial charge in [0, 0.05) is 11.2 Å². The Labute approximate surface area is 180 Å². The zero-order chi connectivity index (χ0) is 20.8. The van der Waals surface area contributed by atoms with Crippen molar-refractivity contribution in [2.24, 2.45) is 0 Å². The third-order valence-corrected chi connectivity index (χ3v) is 4.30. The van der Waals surface area contributed by atoms with Crippen molar-refractivity contribution in [1.82, 2.24) is 20.4 Å². The zero-order valence-corrected chi connectivity index (χ0v) is 16.9. The Kier molecular flexibility index (Phi) is 6.76. The van der Waals surface area contributed by atoms with Crippen LogP contribution in [-0.2, 0) is 4.79 Å². The number of benzene rings is 1. The van der Waals surface area contributed by atoms with E-state index in [0.717, 1.165) is 0 Å². The van der Waals surface area contributed by atoms with Gasteiger partial charge >= 0.3 is 0 Å². The van der Waals surface area contributed by atoms with E-state index in [4.69, 9.17) is 45.3 Å². The Morgan fingerprint density at radius 2 is 1.90 bits per heavy atom. The lowest BCUT2D eigenvalue weighted by Gasteiger charge is -2.14. The Balaban J connectivity index is 1.59. The van der Waals surface area contributed by atoms with Crippen LogP contribution in [0.25, 0.3) is 0 Å². The number of carbonyl (C=O) groups is 1. The maximum absolute atomic E-state index is 12.0. The molecule has 0 unspecified atom stereocenters. The highest BCUT2D eigenvalue weighted by atomic mass is 35.5. The molecule has 0 fully saturated rings. The summed E-state index contributed by atoms with van der Waals surface area (Å²) in [5.74, 6) is 0.308. The number of nitrogens with zero attached hydrogens (tertiary/aromatic N) is 3. The highest BCUT2D eigenvalue weighted by Crippen LogP contribution is 2.28. The summed E-state index contributed by atoms with van der Waals surface area (Å²) in [6.45, 7) is -0.296. The standard InChI is InChI=1S/C17H14Cl3N7O2/c18-9-3-4-12(10(19)6-9)29-7-13(28)26-27-17-14(21)16(23-8-24-17)25-11-2-1-5-22-15(11)20/h1-6,8H,7,21H2,(H,26,28)(H2,23,24,25,27). The second-order valence-corrected chi connectivity index (χ2v) is 6.69. The molecule has 0 spiro atoms. The van der Waals surface area contributed by atoms with Crippen LogP contribution in [0, 0.1) is 0 Å². The Hall–Kier alpha value is -3.01. The number of halogens is 3. The van der Waals surface area contributed by atoms with Crippen molar-refractivity contribution in [2.45, 2.75) is 0 Å². The lowest BCUT2D eigenvalue weighted by Crippen LogP contribution is -2.34. The number of rotatable bonds is 7. The van der Waals surface area contributed by atoms with E-state index in [1.165, 1.54) is 12.4 Å². The van der Waals surface area contributed by atoms with Gasteiger partial charge in [-0.2, -0.15) is 0 Å². The highest BCUT2D eigenvalue weighted by Gasteiger charge is 2.12. The van der Waals surface area contributed by atoms with E-state index < -0.39 is 5.91 Å². The minimum Gasteiger partial charge on any atom is -0.482 e. The number of hydrogen-bond acceptors (Lipinski definition) is 8. The third-order valence-electron chi connectivity index (χ3n) is 3.47. The molecule has 0 atom stereocenters. The van der Waals surface area contributed by atoms with E-state index in [1.807, 2.05) is 0 Å². The maximum Gasteiger partial charge on any atom is 0.276 e. The van der Waals surface area contributed by atoms with Crippen LogP contribution in [-0.4, -0.2) is 27.5 Å². The first-order valence-corrected chi connectivity index (χ1v) is 9.18. The molecule has 0 bridgehead atoms. The van der Waals surface area contributed by atoms with Crippen LogP contribution in [0.15, 0.2) is 42.9 Å². The van der Waals surface area contributed by atoms with Gasteiger partial charge in [0.25, 0.3) is 5.91 Å². The molecule has 3 aromatic rings. The van der Waals surface area contributed by atoms with Crippen molar-refractivity contribution in [3.63, 3.8) is 0 Å². The number of carbonyl (C=O) groups excluding carboxylic acids is 1. The van der Waals surface area contributed by atoms with Crippen LogP contribution < -0.4 is 26.6 Å². The van der Waals surface area contributed by atoms with Crippen LogP contribution in [0.2, 0.25) is 15.2 Å². The third kappa shape index (κ3) is 5.50.